The van der Waals surface area contributed by atoms with E-state index in [-0.39, 0.29) is 11.9 Å². The zero-order valence-electron chi connectivity index (χ0n) is 12.7. The topological polar surface area (TPSA) is 41.1 Å². The molecule has 0 spiro atoms. The van der Waals surface area contributed by atoms with Gasteiger partial charge in [-0.3, -0.25) is 4.79 Å². The summed E-state index contributed by atoms with van der Waals surface area (Å²) in [4.78, 5) is 11.1. The summed E-state index contributed by atoms with van der Waals surface area (Å²) in [5, 5.41) is 6.44. The van der Waals surface area contributed by atoms with Gasteiger partial charge in [0.2, 0.25) is 5.91 Å². The van der Waals surface area contributed by atoms with Crippen LogP contribution in [0.25, 0.3) is 0 Å². The molecule has 1 aromatic carbocycles. The molecule has 0 heterocycles. The van der Waals surface area contributed by atoms with Crippen molar-refractivity contribution in [1.29, 1.82) is 0 Å². The zero-order chi connectivity index (χ0) is 14.4. The van der Waals surface area contributed by atoms with Crippen LogP contribution in [0.15, 0.2) is 24.3 Å². The SMILES string of the molecule is CCC(C)C(C)NC(C)c1cccc(NC(C)=O)c1. The van der Waals surface area contributed by atoms with Gasteiger partial charge >= 0.3 is 0 Å². The van der Waals surface area contributed by atoms with Crippen molar-refractivity contribution in [2.75, 3.05) is 5.32 Å². The lowest BCUT2D eigenvalue weighted by atomic mass is 9.98. The number of anilines is 1. The van der Waals surface area contributed by atoms with E-state index in [4.69, 9.17) is 0 Å². The number of hydrogen-bond acceptors (Lipinski definition) is 2. The quantitative estimate of drug-likeness (QED) is 0.820. The average molecular weight is 262 g/mol. The van der Waals surface area contributed by atoms with E-state index in [1.165, 1.54) is 18.9 Å². The number of hydrogen-bond donors (Lipinski definition) is 2. The molecule has 106 valence electrons. The van der Waals surface area contributed by atoms with Crippen LogP contribution in [0.2, 0.25) is 0 Å². The van der Waals surface area contributed by atoms with Crippen molar-refractivity contribution in [3.05, 3.63) is 29.8 Å². The van der Waals surface area contributed by atoms with Crippen LogP contribution in [0.5, 0.6) is 0 Å². The molecule has 0 saturated heterocycles. The number of carbonyl (C=O) groups is 1. The number of amides is 1. The van der Waals surface area contributed by atoms with Crippen molar-refractivity contribution >= 4 is 11.6 Å². The van der Waals surface area contributed by atoms with Crippen molar-refractivity contribution < 1.29 is 4.79 Å². The molecule has 3 heteroatoms. The Morgan fingerprint density at radius 2 is 1.95 bits per heavy atom. The highest BCUT2D eigenvalue weighted by molar-refractivity contribution is 5.88. The largest absolute Gasteiger partial charge is 0.326 e. The first-order chi connectivity index (χ1) is 8.93. The Morgan fingerprint density at radius 3 is 2.53 bits per heavy atom. The van der Waals surface area contributed by atoms with E-state index in [2.05, 4.69) is 44.4 Å². The minimum absolute atomic E-state index is 0.0364. The molecule has 0 aliphatic carbocycles. The van der Waals surface area contributed by atoms with E-state index in [9.17, 15) is 4.79 Å². The normalized spacial score (nSPS) is 15.6. The maximum atomic E-state index is 11.1. The lowest BCUT2D eigenvalue weighted by Gasteiger charge is -2.25. The van der Waals surface area contributed by atoms with Crippen molar-refractivity contribution in [3.63, 3.8) is 0 Å². The Bertz CT molecular complexity index is 417. The van der Waals surface area contributed by atoms with E-state index < -0.39 is 0 Å². The average Bonchev–Trinajstić information content (AvgIpc) is 2.37. The highest BCUT2D eigenvalue weighted by atomic mass is 16.1. The molecule has 1 amide bonds. The maximum Gasteiger partial charge on any atom is 0.221 e. The van der Waals surface area contributed by atoms with Crippen LogP contribution in [0.4, 0.5) is 5.69 Å². The van der Waals surface area contributed by atoms with Crippen molar-refractivity contribution in [3.8, 4) is 0 Å². The first-order valence-electron chi connectivity index (χ1n) is 7.07. The third-order valence-corrected chi connectivity index (χ3v) is 3.72. The Balaban J connectivity index is 2.71. The predicted molar refractivity (Wildman–Crippen MR) is 81.2 cm³/mol. The molecule has 1 rings (SSSR count). The smallest absolute Gasteiger partial charge is 0.221 e. The summed E-state index contributed by atoms with van der Waals surface area (Å²) < 4.78 is 0. The van der Waals surface area contributed by atoms with Gasteiger partial charge in [0.15, 0.2) is 0 Å². The maximum absolute atomic E-state index is 11.1. The van der Waals surface area contributed by atoms with Gasteiger partial charge in [-0.05, 0) is 37.5 Å². The molecule has 2 N–H and O–H groups in total. The van der Waals surface area contributed by atoms with Crippen LogP contribution in [0, 0.1) is 5.92 Å². The second-order valence-corrected chi connectivity index (χ2v) is 5.37. The zero-order valence-corrected chi connectivity index (χ0v) is 12.7. The lowest BCUT2D eigenvalue weighted by molar-refractivity contribution is -0.114. The fourth-order valence-electron chi connectivity index (χ4n) is 2.10. The molecular formula is C16H26N2O. The van der Waals surface area contributed by atoms with Gasteiger partial charge in [-0.15, -0.1) is 0 Å². The van der Waals surface area contributed by atoms with Crippen LogP contribution >= 0.6 is 0 Å². The van der Waals surface area contributed by atoms with Gasteiger partial charge in [-0.2, -0.15) is 0 Å². The highest BCUT2D eigenvalue weighted by Crippen LogP contribution is 2.19. The molecule has 0 bridgehead atoms. The second-order valence-electron chi connectivity index (χ2n) is 5.37. The standard InChI is InChI=1S/C16H26N2O/c1-6-11(2)12(3)17-13(4)15-8-7-9-16(10-15)18-14(5)19/h7-13,17H,6H2,1-5H3,(H,18,19). The Morgan fingerprint density at radius 1 is 1.26 bits per heavy atom. The Kier molecular flexibility index (Phi) is 6.03. The highest BCUT2D eigenvalue weighted by Gasteiger charge is 2.14. The first kappa shape index (κ1) is 15.7. The van der Waals surface area contributed by atoms with Gasteiger partial charge in [0, 0.05) is 24.7 Å². The monoisotopic (exact) mass is 262 g/mol. The van der Waals surface area contributed by atoms with Crippen molar-refractivity contribution in [2.45, 2.75) is 53.1 Å². The summed E-state index contributed by atoms with van der Waals surface area (Å²) in [5.41, 5.74) is 2.05. The molecule has 0 aliphatic rings. The van der Waals surface area contributed by atoms with E-state index in [1.54, 1.807) is 0 Å². The van der Waals surface area contributed by atoms with E-state index in [1.807, 2.05) is 18.2 Å². The van der Waals surface area contributed by atoms with Gasteiger partial charge in [-0.25, -0.2) is 0 Å². The van der Waals surface area contributed by atoms with Gasteiger partial charge in [0.1, 0.15) is 0 Å². The van der Waals surface area contributed by atoms with Crippen LogP contribution < -0.4 is 10.6 Å². The summed E-state index contributed by atoms with van der Waals surface area (Å²) >= 11 is 0. The molecule has 3 unspecified atom stereocenters. The number of benzene rings is 1. The molecule has 3 atom stereocenters. The van der Waals surface area contributed by atoms with E-state index >= 15 is 0 Å². The van der Waals surface area contributed by atoms with Gasteiger partial charge < -0.3 is 10.6 Å². The van der Waals surface area contributed by atoms with Crippen LogP contribution in [-0.4, -0.2) is 11.9 Å². The molecule has 19 heavy (non-hydrogen) atoms. The third-order valence-electron chi connectivity index (χ3n) is 3.72. The van der Waals surface area contributed by atoms with Crippen LogP contribution in [0.3, 0.4) is 0 Å². The van der Waals surface area contributed by atoms with Gasteiger partial charge in [0.25, 0.3) is 0 Å². The van der Waals surface area contributed by atoms with Crippen LogP contribution in [0.1, 0.15) is 52.6 Å². The summed E-state index contributed by atoms with van der Waals surface area (Å²) in [6.07, 6.45) is 1.17. The summed E-state index contributed by atoms with van der Waals surface area (Å²) in [5.74, 6) is 0.617. The van der Waals surface area contributed by atoms with Crippen molar-refractivity contribution in [2.24, 2.45) is 5.92 Å². The third kappa shape index (κ3) is 5.03. The molecular weight excluding hydrogens is 236 g/mol. The number of nitrogens with one attached hydrogen (secondary N) is 2. The Labute approximate surface area is 116 Å². The Hall–Kier alpha value is -1.35. The fraction of sp³-hybridized carbons (Fsp3) is 0.562. The molecule has 0 aromatic heterocycles. The van der Waals surface area contributed by atoms with Gasteiger partial charge in [-0.1, -0.05) is 32.4 Å². The minimum atomic E-state index is -0.0364. The lowest BCUT2D eigenvalue weighted by Crippen LogP contribution is -2.33. The van der Waals surface area contributed by atoms with E-state index in [0.29, 0.717) is 12.0 Å². The first-order valence-corrected chi connectivity index (χ1v) is 7.07. The van der Waals surface area contributed by atoms with E-state index in [0.717, 1.165) is 5.69 Å². The van der Waals surface area contributed by atoms with Gasteiger partial charge in [0.05, 0.1) is 0 Å². The minimum Gasteiger partial charge on any atom is -0.326 e. The molecule has 0 radical (unpaired) electrons. The van der Waals surface area contributed by atoms with Crippen LogP contribution in [-0.2, 0) is 4.79 Å². The summed E-state index contributed by atoms with van der Waals surface area (Å²) in [6.45, 7) is 10.4. The number of carbonyl (C=O) groups excluding carboxylic acids is 1. The number of rotatable bonds is 6. The molecule has 1 aromatic rings. The molecule has 0 fully saturated rings. The molecule has 0 saturated carbocycles. The van der Waals surface area contributed by atoms with Crippen molar-refractivity contribution in [1.82, 2.24) is 5.32 Å². The molecule has 3 nitrogen and oxygen atoms in total. The second kappa shape index (κ2) is 7.29. The molecule has 0 aliphatic heterocycles. The summed E-state index contributed by atoms with van der Waals surface area (Å²) in [6, 6.07) is 8.76. The predicted octanol–water partition coefficient (Wildman–Crippen LogP) is 3.73. The fourth-order valence-corrected chi connectivity index (χ4v) is 2.10. The summed E-state index contributed by atoms with van der Waals surface area (Å²) in [7, 11) is 0.